The number of aromatic nitrogens is 2. The van der Waals surface area contributed by atoms with Crippen molar-refractivity contribution in [2.24, 2.45) is 10.7 Å². The Morgan fingerprint density at radius 2 is 2.15 bits per heavy atom. The Morgan fingerprint density at radius 1 is 1.31 bits per heavy atom. The number of guanidine groups is 1. The zero-order chi connectivity index (χ0) is 18.8. The van der Waals surface area contributed by atoms with Crippen molar-refractivity contribution < 1.29 is 14.4 Å². The number of rotatable bonds is 9. The number of ether oxygens (including phenoxy) is 1. The molecule has 1 amide bonds. The molecule has 0 radical (unpaired) electrons. The Kier molecular flexibility index (Phi) is 7.93. The van der Waals surface area contributed by atoms with E-state index in [1.54, 1.807) is 0 Å². The van der Waals surface area contributed by atoms with Gasteiger partial charge in [0.2, 0.25) is 17.0 Å². The van der Waals surface area contributed by atoms with Gasteiger partial charge in [0, 0.05) is 18.9 Å². The topological polar surface area (TPSA) is 124 Å². The maximum absolute atomic E-state index is 11.0. The van der Waals surface area contributed by atoms with Gasteiger partial charge < -0.3 is 15.8 Å². The van der Waals surface area contributed by atoms with E-state index in [1.807, 2.05) is 30.5 Å². The van der Waals surface area contributed by atoms with Crippen LogP contribution in [0, 0.1) is 0 Å². The summed E-state index contributed by atoms with van der Waals surface area (Å²) < 4.78 is 5.14. The smallest absolute Gasteiger partial charge is 0.220 e. The quantitative estimate of drug-likeness (QED) is 0.260. The van der Waals surface area contributed by atoms with Crippen molar-refractivity contribution in [1.29, 1.82) is 0 Å². The minimum Gasteiger partial charge on any atom is -0.379 e. The largest absolute Gasteiger partial charge is 0.379 e. The van der Waals surface area contributed by atoms with Crippen molar-refractivity contribution in [2.45, 2.75) is 20.4 Å². The van der Waals surface area contributed by atoms with Crippen molar-refractivity contribution in [3.05, 3.63) is 29.3 Å². The van der Waals surface area contributed by atoms with Gasteiger partial charge in [0.05, 0.1) is 31.1 Å². The number of hydroxylamine groups is 1. The van der Waals surface area contributed by atoms with E-state index in [2.05, 4.69) is 25.8 Å². The average molecular weight is 378 g/mol. The number of thiazole rings is 1. The number of nitrogens with one attached hydrogen (secondary N) is 2. The number of carbonyl (C=O) groups excluding carboxylic acids is 1. The summed E-state index contributed by atoms with van der Waals surface area (Å²) >= 11 is 1.34. The molecular formula is C16H22N6O3S. The fraction of sp³-hybridized carbons (Fsp3) is 0.375. The molecule has 0 spiro atoms. The molecule has 0 bridgehead atoms. The van der Waals surface area contributed by atoms with Crippen LogP contribution in [0.1, 0.15) is 19.5 Å². The van der Waals surface area contributed by atoms with Crippen LogP contribution in [-0.4, -0.2) is 41.7 Å². The van der Waals surface area contributed by atoms with Crippen LogP contribution in [0.3, 0.4) is 0 Å². The number of carbonyl (C=O) groups is 1. The van der Waals surface area contributed by atoms with Gasteiger partial charge in [0.25, 0.3) is 0 Å². The summed E-state index contributed by atoms with van der Waals surface area (Å²) in [6, 6.07) is 5.55. The van der Waals surface area contributed by atoms with Gasteiger partial charge in [-0.2, -0.15) is 4.99 Å². The zero-order valence-electron chi connectivity index (χ0n) is 14.7. The van der Waals surface area contributed by atoms with Crippen molar-refractivity contribution >= 4 is 28.3 Å². The van der Waals surface area contributed by atoms with Crippen LogP contribution < -0.4 is 16.5 Å². The van der Waals surface area contributed by atoms with E-state index in [0.717, 1.165) is 5.69 Å². The Labute approximate surface area is 155 Å². The van der Waals surface area contributed by atoms with Gasteiger partial charge in [0.15, 0.2) is 0 Å². The Morgan fingerprint density at radius 3 is 2.92 bits per heavy atom. The third kappa shape index (κ3) is 6.75. The summed E-state index contributed by atoms with van der Waals surface area (Å²) in [5.74, 6) is 0.00343. The first kappa shape index (κ1) is 19.8. The molecule has 2 aromatic rings. The maximum atomic E-state index is 11.0. The number of pyridine rings is 1. The second kappa shape index (κ2) is 10.4. The number of nitrogens with two attached hydrogens (primary N) is 1. The molecule has 9 nitrogen and oxygen atoms in total. The van der Waals surface area contributed by atoms with Crippen LogP contribution in [0.4, 0.5) is 5.13 Å². The van der Waals surface area contributed by atoms with E-state index in [9.17, 15) is 4.79 Å². The molecule has 4 N–H and O–H groups in total. The lowest BCUT2D eigenvalue weighted by atomic mass is 10.2. The summed E-state index contributed by atoms with van der Waals surface area (Å²) in [5, 5.41) is 5.03. The second-order valence-corrected chi connectivity index (χ2v) is 5.92. The monoisotopic (exact) mass is 378 g/mol. The predicted octanol–water partition coefficient (Wildman–Crippen LogP) is 1.35. The highest BCUT2D eigenvalue weighted by Gasteiger charge is 2.07. The summed E-state index contributed by atoms with van der Waals surface area (Å²) in [6.45, 7) is 5.21. The van der Waals surface area contributed by atoms with E-state index in [-0.39, 0.29) is 11.9 Å². The number of aliphatic imine (C=N–C) groups is 1. The number of hydrogen-bond donors (Lipinski definition) is 3. The summed E-state index contributed by atoms with van der Waals surface area (Å²) in [5.41, 5.74) is 10.4. The van der Waals surface area contributed by atoms with Crippen LogP contribution in [-0.2, 0) is 20.9 Å². The van der Waals surface area contributed by atoms with Gasteiger partial charge in [0.1, 0.15) is 5.69 Å². The summed E-state index contributed by atoms with van der Waals surface area (Å²) in [7, 11) is 0. The molecular weight excluding hydrogens is 356 g/mol. The minimum atomic E-state index is -0.103. The molecule has 2 rings (SSSR count). The molecule has 10 heteroatoms. The maximum Gasteiger partial charge on any atom is 0.220 e. The number of nitrogens with zero attached hydrogens (tertiary/aromatic N) is 3. The van der Waals surface area contributed by atoms with Crippen molar-refractivity contribution in [1.82, 2.24) is 20.8 Å². The Bertz CT molecular complexity index is 749. The van der Waals surface area contributed by atoms with Crippen LogP contribution >= 0.6 is 11.3 Å². The molecule has 2 aromatic heterocycles. The van der Waals surface area contributed by atoms with E-state index in [4.69, 9.17) is 15.3 Å². The minimum absolute atomic E-state index is 0.103. The molecule has 0 saturated heterocycles. The van der Waals surface area contributed by atoms with Crippen LogP contribution in [0.25, 0.3) is 11.4 Å². The Balaban J connectivity index is 1.95. The molecule has 26 heavy (non-hydrogen) atoms. The molecule has 0 atom stereocenters. The molecule has 140 valence electrons. The fourth-order valence-corrected chi connectivity index (χ4v) is 2.56. The van der Waals surface area contributed by atoms with Crippen molar-refractivity contribution in [3.8, 4) is 11.4 Å². The SMILES string of the molecule is CCOCCONC(N)=Nc1nc(-c2cccc(CNC(C)=O)n2)cs1. The standard InChI is InChI=1S/C16H22N6O3S/c1-3-24-7-8-25-22-15(17)21-16-20-14(10-26-16)13-6-4-5-12(19-13)9-18-11(2)23/h4-6,10H,3,7-9H2,1-2H3,(H,18,23)(H3,17,20,21,22). The van der Waals surface area contributed by atoms with Crippen molar-refractivity contribution in [2.75, 3.05) is 19.8 Å². The lowest BCUT2D eigenvalue weighted by molar-refractivity contribution is -0.119. The van der Waals surface area contributed by atoms with Gasteiger partial charge in [-0.15, -0.1) is 11.3 Å². The van der Waals surface area contributed by atoms with E-state index < -0.39 is 0 Å². The lowest BCUT2D eigenvalue weighted by Gasteiger charge is -2.05. The van der Waals surface area contributed by atoms with Gasteiger partial charge in [-0.1, -0.05) is 6.07 Å². The van der Waals surface area contributed by atoms with Crippen LogP contribution in [0.5, 0.6) is 0 Å². The van der Waals surface area contributed by atoms with E-state index >= 15 is 0 Å². The molecule has 0 aromatic carbocycles. The third-order valence-electron chi connectivity index (χ3n) is 3.01. The first-order valence-corrected chi connectivity index (χ1v) is 8.92. The van der Waals surface area contributed by atoms with E-state index in [1.165, 1.54) is 18.3 Å². The van der Waals surface area contributed by atoms with Gasteiger partial charge in [-0.25, -0.2) is 15.4 Å². The normalized spacial score (nSPS) is 11.4. The van der Waals surface area contributed by atoms with Crippen molar-refractivity contribution in [3.63, 3.8) is 0 Å². The molecule has 0 saturated carbocycles. The first-order chi connectivity index (χ1) is 12.6. The lowest BCUT2D eigenvalue weighted by Crippen LogP contribution is -2.32. The molecule has 0 aliphatic heterocycles. The highest BCUT2D eigenvalue weighted by molar-refractivity contribution is 7.13. The highest BCUT2D eigenvalue weighted by atomic mass is 32.1. The molecule has 0 aliphatic rings. The van der Waals surface area contributed by atoms with Gasteiger partial charge in [-0.3, -0.25) is 9.63 Å². The summed E-state index contributed by atoms with van der Waals surface area (Å²) in [6.07, 6.45) is 0. The van der Waals surface area contributed by atoms with Crippen LogP contribution in [0.15, 0.2) is 28.6 Å². The number of hydrogen-bond acceptors (Lipinski definition) is 7. The zero-order valence-corrected chi connectivity index (χ0v) is 15.5. The molecule has 2 heterocycles. The molecule has 0 unspecified atom stereocenters. The molecule has 0 aliphatic carbocycles. The Hall–Kier alpha value is -2.56. The average Bonchev–Trinajstić information content (AvgIpc) is 3.08. The second-order valence-electron chi connectivity index (χ2n) is 5.08. The highest BCUT2D eigenvalue weighted by Crippen LogP contribution is 2.25. The van der Waals surface area contributed by atoms with Crippen LogP contribution in [0.2, 0.25) is 0 Å². The number of amides is 1. The van der Waals surface area contributed by atoms with E-state index in [0.29, 0.717) is 42.9 Å². The fourth-order valence-electron chi connectivity index (χ4n) is 1.86. The first-order valence-electron chi connectivity index (χ1n) is 8.04. The predicted molar refractivity (Wildman–Crippen MR) is 99.7 cm³/mol. The summed E-state index contributed by atoms with van der Waals surface area (Å²) in [4.78, 5) is 29.1. The van der Waals surface area contributed by atoms with Gasteiger partial charge >= 0.3 is 0 Å². The molecule has 0 fully saturated rings. The van der Waals surface area contributed by atoms with Gasteiger partial charge in [-0.05, 0) is 19.1 Å². The third-order valence-corrected chi connectivity index (χ3v) is 3.74.